The van der Waals surface area contributed by atoms with Gasteiger partial charge in [0.05, 0.1) is 12.0 Å². The molecule has 3 N–H and O–H groups in total. The zero-order valence-corrected chi connectivity index (χ0v) is 10.7. The molecule has 0 unspecified atom stereocenters. The van der Waals surface area contributed by atoms with Crippen LogP contribution in [0.4, 0.5) is 0 Å². The van der Waals surface area contributed by atoms with Gasteiger partial charge in [-0.05, 0) is 34.6 Å². The van der Waals surface area contributed by atoms with Gasteiger partial charge in [0.15, 0.2) is 0 Å². The Labute approximate surface area is 96.6 Å². The van der Waals surface area contributed by atoms with Crippen molar-refractivity contribution in [1.82, 2.24) is 10.6 Å². The van der Waals surface area contributed by atoms with Gasteiger partial charge < -0.3 is 15.7 Å². The summed E-state index contributed by atoms with van der Waals surface area (Å²) < 4.78 is 0. The molecule has 0 saturated heterocycles. The van der Waals surface area contributed by atoms with E-state index in [2.05, 4.69) is 10.6 Å². The lowest BCUT2D eigenvalue weighted by atomic mass is 9.74. The average molecular weight is 230 g/mol. The molecular weight excluding hydrogens is 208 g/mol. The summed E-state index contributed by atoms with van der Waals surface area (Å²) in [5.74, 6) is -1.02. The first-order valence-electron chi connectivity index (χ1n) is 5.40. The lowest BCUT2D eigenvalue weighted by Gasteiger charge is -2.38. The van der Waals surface area contributed by atoms with Crippen molar-refractivity contribution >= 4 is 11.9 Å². The maximum Gasteiger partial charge on any atom is 0.310 e. The Morgan fingerprint density at radius 2 is 1.69 bits per heavy atom. The highest BCUT2D eigenvalue weighted by molar-refractivity contribution is 5.79. The Morgan fingerprint density at radius 1 is 1.19 bits per heavy atom. The smallest absolute Gasteiger partial charge is 0.310 e. The second kappa shape index (κ2) is 5.30. The van der Waals surface area contributed by atoms with Crippen molar-refractivity contribution in [1.29, 1.82) is 0 Å². The molecule has 94 valence electrons. The van der Waals surface area contributed by atoms with Gasteiger partial charge in [-0.1, -0.05) is 0 Å². The number of likely N-dealkylation sites (N-methyl/N-ethyl adjacent to an activating group) is 1. The minimum atomic E-state index is -0.945. The molecule has 0 fully saturated rings. The van der Waals surface area contributed by atoms with Gasteiger partial charge in [-0.2, -0.15) is 0 Å². The van der Waals surface area contributed by atoms with E-state index in [0.29, 0.717) is 6.54 Å². The van der Waals surface area contributed by atoms with Crippen LogP contribution in [0.15, 0.2) is 0 Å². The summed E-state index contributed by atoms with van der Waals surface area (Å²) in [6.07, 6.45) is 0. The molecule has 0 radical (unpaired) electrons. The van der Waals surface area contributed by atoms with Crippen molar-refractivity contribution in [3.8, 4) is 0 Å². The number of hydrogen-bond donors (Lipinski definition) is 3. The van der Waals surface area contributed by atoms with Crippen LogP contribution in [0.3, 0.4) is 0 Å². The van der Waals surface area contributed by atoms with Crippen LogP contribution in [-0.2, 0) is 9.59 Å². The molecule has 5 heteroatoms. The predicted molar refractivity (Wildman–Crippen MR) is 62.2 cm³/mol. The minimum Gasteiger partial charge on any atom is -0.481 e. The van der Waals surface area contributed by atoms with Gasteiger partial charge in [0, 0.05) is 12.1 Å². The minimum absolute atomic E-state index is 0.123. The average Bonchev–Trinajstić information content (AvgIpc) is 2.15. The Morgan fingerprint density at radius 3 is 2.06 bits per heavy atom. The fraction of sp³-hybridized carbons (Fsp3) is 0.818. The second-order valence-electron chi connectivity index (χ2n) is 4.86. The summed E-state index contributed by atoms with van der Waals surface area (Å²) in [4.78, 5) is 22.4. The topological polar surface area (TPSA) is 78.4 Å². The number of amides is 1. The highest BCUT2D eigenvalue weighted by Gasteiger charge is 2.43. The van der Waals surface area contributed by atoms with Gasteiger partial charge in [0.1, 0.15) is 0 Å². The van der Waals surface area contributed by atoms with Gasteiger partial charge in [0.25, 0.3) is 0 Å². The van der Waals surface area contributed by atoms with Crippen LogP contribution in [0, 0.1) is 5.41 Å². The van der Waals surface area contributed by atoms with E-state index in [1.54, 1.807) is 27.7 Å². The molecule has 16 heavy (non-hydrogen) atoms. The van der Waals surface area contributed by atoms with Gasteiger partial charge in [-0.15, -0.1) is 0 Å². The number of carboxylic acid groups (broad SMARTS) is 1. The highest BCUT2D eigenvalue weighted by Crippen LogP contribution is 2.30. The third-order valence-corrected chi connectivity index (χ3v) is 3.16. The van der Waals surface area contributed by atoms with Crippen LogP contribution in [0.2, 0.25) is 0 Å². The Bertz CT molecular complexity index is 272. The molecule has 0 aliphatic rings. The molecule has 5 nitrogen and oxygen atoms in total. The summed E-state index contributed by atoms with van der Waals surface area (Å²) in [5, 5.41) is 14.7. The van der Waals surface area contributed by atoms with Crippen molar-refractivity contribution in [2.24, 2.45) is 5.41 Å². The Kier molecular flexibility index (Phi) is 4.93. The largest absolute Gasteiger partial charge is 0.481 e. The van der Waals surface area contributed by atoms with Gasteiger partial charge in [-0.3, -0.25) is 9.59 Å². The fourth-order valence-corrected chi connectivity index (χ4v) is 1.05. The summed E-state index contributed by atoms with van der Waals surface area (Å²) in [5.41, 5.74) is -1.61. The maximum atomic E-state index is 11.3. The van der Waals surface area contributed by atoms with Crippen LogP contribution in [0.1, 0.15) is 34.6 Å². The van der Waals surface area contributed by atoms with Gasteiger partial charge in [0.2, 0.25) is 5.91 Å². The van der Waals surface area contributed by atoms with Crippen molar-refractivity contribution < 1.29 is 14.7 Å². The summed E-state index contributed by atoms with van der Waals surface area (Å²) in [6, 6.07) is 0. The molecule has 0 aliphatic heterocycles. The van der Waals surface area contributed by atoms with E-state index in [4.69, 9.17) is 5.11 Å². The second-order valence-corrected chi connectivity index (χ2v) is 4.86. The molecule has 0 heterocycles. The van der Waals surface area contributed by atoms with E-state index in [-0.39, 0.29) is 12.5 Å². The number of carboxylic acids is 1. The quantitative estimate of drug-likeness (QED) is 0.624. The monoisotopic (exact) mass is 230 g/mol. The number of carbonyl (C=O) groups is 2. The molecule has 0 atom stereocenters. The van der Waals surface area contributed by atoms with Crippen LogP contribution in [0.25, 0.3) is 0 Å². The van der Waals surface area contributed by atoms with E-state index in [1.165, 1.54) is 0 Å². The summed E-state index contributed by atoms with van der Waals surface area (Å²) >= 11 is 0. The predicted octanol–water partition coefficient (Wildman–Crippen LogP) is 0.601. The first-order valence-corrected chi connectivity index (χ1v) is 5.40. The number of nitrogens with one attached hydrogen (secondary N) is 2. The van der Waals surface area contributed by atoms with Crippen molar-refractivity contribution in [2.45, 2.75) is 40.2 Å². The molecule has 0 aromatic rings. The summed E-state index contributed by atoms with van der Waals surface area (Å²) in [6.45, 7) is 9.37. The van der Waals surface area contributed by atoms with Gasteiger partial charge >= 0.3 is 5.97 Å². The zero-order chi connectivity index (χ0) is 13.0. The van der Waals surface area contributed by atoms with E-state index < -0.39 is 16.9 Å². The summed E-state index contributed by atoms with van der Waals surface area (Å²) in [7, 11) is 0. The van der Waals surface area contributed by atoms with Crippen LogP contribution in [-0.4, -0.2) is 35.6 Å². The highest BCUT2D eigenvalue weighted by atomic mass is 16.4. The number of aliphatic carboxylic acids is 1. The lowest BCUT2D eigenvalue weighted by Crippen LogP contribution is -2.57. The van der Waals surface area contributed by atoms with E-state index in [9.17, 15) is 9.59 Å². The standard InChI is InChI=1S/C11H22N2O3/c1-6-12-8(14)7-13-11(4,5)10(2,3)9(15)16/h13H,6-7H2,1-5H3,(H,12,14)(H,15,16). The van der Waals surface area contributed by atoms with Crippen molar-refractivity contribution in [2.75, 3.05) is 13.1 Å². The van der Waals surface area contributed by atoms with Crippen LogP contribution in [0.5, 0.6) is 0 Å². The number of carbonyl (C=O) groups excluding carboxylic acids is 1. The molecule has 0 saturated carbocycles. The third kappa shape index (κ3) is 3.48. The molecule has 0 aromatic carbocycles. The molecule has 0 bridgehead atoms. The zero-order valence-electron chi connectivity index (χ0n) is 10.7. The first kappa shape index (κ1) is 14.9. The fourth-order valence-electron chi connectivity index (χ4n) is 1.05. The molecule has 0 rings (SSSR count). The third-order valence-electron chi connectivity index (χ3n) is 3.16. The van der Waals surface area contributed by atoms with E-state index in [0.717, 1.165) is 0 Å². The SMILES string of the molecule is CCNC(=O)CNC(C)(C)C(C)(C)C(=O)O. The van der Waals surface area contributed by atoms with Crippen LogP contribution >= 0.6 is 0 Å². The Balaban J connectivity index is 4.46. The van der Waals surface area contributed by atoms with E-state index >= 15 is 0 Å². The lowest BCUT2D eigenvalue weighted by molar-refractivity contribution is -0.151. The molecule has 0 spiro atoms. The normalized spacial score (nSPS) is 12.3. The molecule has 0 aliphatic carbocycles. The number of hydrogen-bond acceptors (Lipinski definition) is 3. The molecule has 0 aromatic heterocycles. The van der Waals surface area contributed by atoms with Crippen molar-refractivity contribution in [3.05, 3.63) is 0 Å². The Hall–Kier alpha value is -1.10. The molecular formula is C11H22N2O3. The van der Waals surface area contributed by atoms with Crippen LogP contribution < -0.4 is 10.6 Å². The first-order chi connectivity index (χ1) is 7.15. The maximum absolute atomic E-state index is 11.3. The van der Waals surface area contributed by atoms with Gasteiger partial charge in [-0.25, -0.2) is 0 Å². The molecule has 1 amide bonds. The van der Waals surface area contributed by atoms with Crippen molar-refractivity contribution in [3.63, 3.8) is 0 Å². The van der Waals surface area contributed by atoms with E-state index in [1.807, 2.05) is 6.92 Å². The number of rotatable bonds is 6.